The van der Waals surface area contributed by atoms with Crippen LogP contribution in [0.2, 0.25) is 5.02 Å². The fourth-order valence-corrected chi connectivity index (χ4v) is 1.67. The molecule has 0 saturated carbocycles. The average molecular weight is 255 g/mol. The lowest BCUT2D eigenvalue weighted by atomic mass is 10.2. The first-order chi connectivity index (χ1) is 8.25. The Kier molecular flexibility index (Phi) is 4.06. The molecular formula is C11H12ClFN4. The third-order valence-electron chi connectivity index (χ3n) is 2.32. The van der Waals surface area contributed by atoms with Crippen LogP contribution in [0.1, 0.15) is 5.56 Å². The third kappa shape index (κ3) is 3.51. The van der Waals surface area contributed by atoms with E-state index in [1.54, 1.807) is 23.1 Å². The van der Waals surface area contributed by atoms with Crippen LogP contribution in [0.5, 0.6) is 0 Å². The molecule has 0 saturated heterocycles. The molecule has 90 valence electrons. The number of nitrogens with one attached hydrogen (secondary N) is 1. The standard InChI is InChI=1S/C11H12ClFN4/c12-11-7-10(13)2-1-9(11)8-14-3-5-17-6-4-15-16-17/h1-2,4,6-7,14H,3,5,8H2. The van der Waals surface area contributed by atoms with Crippen molar-refractivity contribution < 1.29 is 4.39 Å². The molecule has 0 radical (unpaired) electrons. The van der Waals surface area contributed by atoms with Gasteiger partial charge in [0.05, 0.1) is 12.7 Å². The molecule has 0 aliphatic rings. The Morgan fingerprint density at radius 1 is 1.41 bits per heavy atom. The third-order valence-corrected chi connectivity index (χ3v) is 2.67. The lowest BCUT2D eigenvalue weighted by Crippen LogP contribution is -2.20. The van der Waals surface area contributed by atoms with Gasteiger partial charge in [-0.25, -0.2) is 4.39 Å². The normalized spacial score (nSPS) is 10.7. The molecule has 0 aliphatic heterocycles. The Labute approximate surface area is 103 Å². The van der Waals surface area contributed by atoms with E-state index in [-0.39, 0.29) is 5.82 Å². The molecule has 1 aromatic carbocycles. The smallest absolute Gasteiger partial charge is 0.124 e. The second-order valence-corrected chi connectivity index (χ2v) is 3.99. The number of benzene rings is 1. The Bertz CT molecular complexity index is 472. The van der Waals surface area contributed by atoms with Gasteiger partial charge in [-0.3, -0.25) is 4.68 Å². The Morgan fingerprint density at radius 3 is 3.00 bits per heavy atom. The summed E-state index contributed by atoms with van der Waals surface area (Å²) in [5.74, 6) is -0.318. The van der Waals surface area contributed by atoms with E-state index < -0.39 is 0 Å². The first-order valence-corrected chi connectivity index (χ1v) is 5.62. The quantitative estimate of drug-likeness (QED) is 0.829. The summed E-state index contributed by atoms with van der Waals surface area (Å²) in [5, 5.41) is 11.2. The topological polar surface area (TPSA) is 42.7 Å². The highest BCUT2D eigenvalue weighted by Crippen LogP contribution is 2.16. The summed E-state index contributed by atoms with van der Waals surface area (Å²) < 4.78 is 14.5. The molecule has 1 N–H and O–H groups in total. The number of halogens is 2. The summed E-state index contributed by atoms with van der Waals surface area (Å²) in [7, 11) is 0. The van der Waals surface area contributed by atoms with Crippen molar-refractivity contribution in [3.63, 3.8) is 0 Å². The maximum Gasteiger partial charge on any atom is 0.124 e. The molecule has 17 heavy (non-hydrogen) atoms. The molecule has 0 aliphatic carbocycles. The molecule has 1 aromatic heterocycles. The zero-order valence-corrected chi connectivity index (χ0v) is 9.86. The summed E-state index contributed by atoms with van der Waals surface area (Å²) >= 11 is 5.90. The second kappa shape index (κ2) is 5.75. The highest BCUT2D eigenvalue weighted by atomic mass is 35.5. The number of nitrogens with zero attached hydrogens (tertiary/aromatic N) is 3. The Hall–Kier alpha value is -1.46. The minimum absolute atomic E-state index is 0.318. The van der Waals surface area contributed by atoms with E-state index in [1.165, 1.54) is 12.1 Å². The molecule has 2 aromatic rings. The van der Waals surface area contributed by atoms with Crippen molar-refractivity contribution in [3.8, 4) is 0 Å². The van der Waals surface area contributed by atoms with Crippen LogP contribution in [0.25, 0.3) is 0 Å². The molecule has 6 heteroatoms. The van der Waals surface area contributed by atoms with Crippen LogP contribution >= 0.6 is 11.6 Å². The number of aromatic nitrogens is 3. The van der Waals surface area contributed by atoms with Crippen LogP contribution < -0.4 is 5.32 Å². The summed E-state index contributed by atoms with van der Waals surface area (Å²) in [5.41, 5.74) is 0.881. The molecule has 0 fully saturated rings. The van der Waals surface area contributed by atoms with E-state index >= 15 is 0 Å². The molecular weight excluding hydrogens is 243 g/mol. The van der Waals surface area contributed by atoms with Gasteiger partial charge in [-0.15, -0.1) is 5.10 Å². The van der Waals surface area contributed by atoms with Crippen LogP contribution in [-0.4, -0.2) is 21.5 Å². The van der Waals surface area contributed by atoms with Gasteiger partial charge >= 0.3 is 0 Å². The van der Waals surface area contributed by atoms with Gasteiger partial charge in [0.2, 0.25) is 0 Å². The maximum absolute atomic E-state index is 12.8. The van der Waals surface area contributed by atoms with Gasteiger partial charge in [0.15, 0.2) is 0 Å². The van der Waals surface area contributed by atoms with Crippen molar-refractivity contribution in [2.45, 2.75) is 13.1 Å². The maximum atomic E-state index is 12.8. The highest BCUT2D eigenvalue weighted by molar-refractivity contribution is 6.31. The fraction of sp³-hybridized carbons (Fsp3) is 0.273. The van der Waals surface area contributed by atoms with E-state index in [4.69, 9.17) is 11.6 Å². The second-order valence-electron chi connectivity index (χ2n) is 3.58. The average Bonchev–Trinajstić information content (AvgIpc) is 2.79. The van der Waals surface area contributed by atoms with Gasteiger partial charge in [-0.05, 0) is 17.7 Å². The van der Waals surface area contributed by atoms with Crippen molar-refractivity contribution in [2.24, 2.45) is 0 Å². The Morgan fingerprint density at radius 2 is 2.29 bits per heavy atom. The zero-order chi connectivity index (χ0) is 12.1. The Balaban J connectivity index is 1.78. The van der Waals surface area contributed by atoms with Gasteiger partial charge < -0.3 is 5.32 Å². The van der Waals surface area contributed by atoms with Gasteiger partial charge in [-0.2, -0.15) is 0 Å². The summed E-state index contributed by atoms with van der Waals surface area (Å²) in [6, 6.07) is 4.40. The molecule has 2 rings (SSSR count). The van der Waals surface area contributed by atoms with E-state index in [9.17, 15) is 4.39 Å². The summed E-state index contributed by atoms with van der Waals surface area (Å²) in [6.45, 7) is 2.09. The summed E-state index contributed by atoms with van der Waals surface area (Å²) in [6.07, 6.45) is 3.43. The molecule has 0 spiro atoms. The molecule has 0 unspecified atom stereocenters. The van der Waals surface area contributed by atoms with Crippen LogP contribution in [0.4, 0.5) is 4.39 Å². The van der Waals surface area contributed by atoms with Gasteiger partial charge in [0.1, 0.15) is 5.82 Å². The van der Waals surface area contributed by atoms with E-state index in [0.717, 1.165) is 18.7 Å². The SMILES string of the molecule is Fc1ccc(CNCCn2ccnn2)c(Cl)c1. The minimum Gasteiger partial charge on any atom is -0.311 e. The lowest BCUT2D eigenvalue weighted by Gasteiger charge is -2.06. The molecule has 0 bridgehead atoms. The van der Waals surface area contributed by atoms with Crippen molar-refractivity contribution in [3.05, 3.63) is 47.0 Å². The van der Waals surface area contributed by atoms with Gasteiger partial charge in [0, 0.05) is 24.3 Å². The first-order valence-electron chi connectivity index (χ1n) is 5.24. The van der Waals surface area contributed by atoms with Crippen LogP contribution in [0, 0.1) is 5.82 Å². The van der Waals surface area contributed by atoms with Gasteiger partial charge in [-0.1, -0.05) is 22.9 Å². The largest absolute Gasteiger partial charge is 0.311 e. The number of hydrogen-bond donors (Lipinski definition) is 1. The van der Waals surface area contributed by atoms with Crippen molar-refractivity contribution >= 4 is 11.6 Å². The fourth-order valence-electron chi connectivity index (χ4n) is 1.43. The van der Waals surface area contributed by atoms with Crippen LogP contribution in [-0.2, 0) is 13.1 Å². The minimum atomic E-state index is -0.318. The molecule has 1 heterocycles. The number of rotatable bonds is 5. The molecule has 0 atom stereocenters. The van der Waals surface area contributed by atoms with E-state index in [0.29, 0.717) is 11.6 Å². The summed E-state index contributed by atoms with van der Waals surface area (Å²) in [4.78, 5) is 0. The van der Waals surface area contributed by atoms with E-state index in [2.05, 4.69) is 15.6 Å². The molecule has 0 amide bonds. The first kappa shape index (κ1) is 12.0. The zero-order valence-electron chi connectivity index (χ0n) is 9.11. The van der Waals surface area contributed by atoms with Crippen molar-refractivity contribution in [1.29, 1.82) is 0 Å². The van der Waals surface area contributed by atoms with Gasteiger partial charge in [0.25, 0.3) is 0 Å². The van der Waals surface area contributed by atoms with E-state index in [1.807, 2.05) is 0 Å². The monoisotopic (exact) mass is 254 g/mol. The van der Waals surface area contributed by atoms with Crippen LogP contribution in [0.15, 0.2) is 30.6 Å². The predicted molar refractivity (Wildman–Crippen MR) is 63.1 cm³/mol. The molecule has 4 nitrogen and oxygen atoms in total. The lowest BCUT2D eigenvalue weighted by molar-refractivity contribution is 0.540. The predicted octanol–water partition coefficient (Wildman–Crippen LogP) is 1.86. The van der Waals surface area contributed by atoms with Crippen molar-refractivity contribution in [2.75, 3.05) is 6.54 Å². The van der Waals surface area contributed by atoms with Crippen LogP contribution in [0.3, 0.4) is 0 Å². The number of hydrogen-bond acceptors (Lipinski definition) is 3. The van der Waals surface area contributed by atoms with Crippen molar-refractivity contribution in [1.82, 2.24) is 20.3 Å². The highest BCUT2D eigenvalue weighted by Gasteiger charge is 2.01.